The molecule has 0 bridgehead atoms. The summed E-state index contributed by atoms with van der Waals surface area (Å²) in [6.45, 7) is 9.43. The van der Waals surface area contributed by atoms with Gasteiger partial charge in [-0.1, -0.05) is 23.8 Å². The zero-order valence-electron chi connectivity index (χ0n) is 12.8. The molecule has 20 heavy (non-hydrogen) atoms. The van der Waals surface area contributed by atoms with Crippen LogP contribution in [0.1, 0.15) is 24.0 Å². The van der Waals surface area contributed by atoms with Crippen LogP contribution in [-0.2, 0) is 11.2 Å². The van der Waals surface area contributed by atoms with Crippen LogP contribution < -0.4 is 10.1 Å². The zero-order chi connectivity index (χ0) is 14.6. The Morgan fingerprint density at radius 1 is 1.20 bits per heavy atom. The lowest BCUT2D eigenvalue weighted by molar-refractivity contribution is 0.194. The summed E-state index contributed by atoms with van der Waals surface area (Å²) < 4.78 is 10.9. The summed E-state index contributed by atoms with van der Waals surface area (Å²) in [6.07, 6.45) is 4.83. The largest absolute Gasteiger partial charge is 0.493 e. The molecule has 0 amide bonds. The zero-order valence-corrected chi connectivity index (χ0v) is 12.8. The molecule has 0 aliphatic rings. The highest BCUT2D eigenvalue weighted by Crippen LogP contribution is 2.21. The first-order valence-corrected chi connectivity index (χ1v) is 7.30. The molecule has 3 heteroatoms. The summed E-state index contributed by atoms with van der Waals surface area (Å²) in [5.74, 6) is 0.981. The van der Waals surface area contributed by atoms with Crippen LogP contribution in [0.3, 0.4) is 0 Å². The van der Waals surface area contributed by atoms with E-state index < -0.39 is 0 Å². The minimum Gasteiger partial charge on any atom is -0.493 e. The van der Waals surface area contributed by atoms with Gasteiger partial charge < -0.3 is 14.8 Å². The van der Waals surface area contributed by atoms with Crippen molar-refractivity contribution >= 4 is 0 Å². The van der Waals surface area contributed by atoms with Gasteiger partial charge in [0.15, 0.2) is 0 Å². The Labute approximate surface area is 123 Å². The van der Waals surface area contributed by atoms with E-state index in [0.29, 0.717) is 0 Å². The van der Waals surface area contributed by atoms with Gasteiger partial charge in [-0.25, -0.2) is 0 Å². The van der Waals surface area contributed by atoms with Gasteiger partial charge in [0.05, 0.1) is 6.61 Å². The Morgan fingerprint density at radius 2 is 1.95 bits per heavy atom. The number of methoxy groups -OCH3 is 1. The third-order valence-corrected chi connectivity index (χ3v) is 3.04. The Balaban J connectivity index is 2.22. The first-order chi connectivity index (χ1) is 9.77. The van der Waals surface area contributed by atoms with Gasteiger partial charge in [0.25, 0.3) is 0 Å². The molecule has 0 radical (unpaired) electrons. The molecule has 0 spiro atoms. The van der Waals surface area contributed by atoms with Crippen LogP contribution in [-0.4, -0.2) is 33.4 Å². The Hall–Kier alpha value is -1.32. The summed E-state index contributed by atoms with van der Waals surface area (Å²) in [6, 6.07) is 6.31. The number of allylic oxidation sites excluding steroid dienone is 1. The van der Waals surface area contributed by atoms with Gasteiger partial charge in [0.1, 0.15) is 5.75 Å². The van der Waals surface area contributed by atoms with E-state index in [9.17, 15) is 0 Å². The summed E-state index contributed by atoms with van der Waals surface area (Å²) >= 11 is 0. The van der Waals surface area contributed by atoms with Gasteiger partial charge in [-0.3, -0.25) is 0 Å². The van der Waals surface area contributed by atoms with Crippen molar-refractivity contribution in [2.75, 3.05) is 33.4 Å². The number of hydrogen-bond donors (Lipinski definition) is 1. The van der Waals surface area contributed by atoms with Gasteiger partial charge in [0, 0.05) is 13.7 Å². The predicted octanol–water partition coefficient (Wildman–Crippen LogP) is 3.12. The molecule has 0 aromatic heterocycles. The fourth-order valence-electron chi connectivity index (χ4n) is 2.01. The van der Waals surface area contributed by atoms with Crippen LogP contribution in [0.4, 0.5) is 0 Å². The van der Waals surface area contributed by atoms with E-state index in [1.807, 2.05) is 6.08 Å². The molecule has 0 saturated carbocycles. The van der Waals surface area contributed by atoms with Gasteiger partial charge >= 0.3 is 0 Å². The first-order valence-electron chi connectivity index (χ1n) is 7.30. The molecule has 1 N–H and O–H groups in total. The number of nitrogens with one attached hydrogen (secondary N) is 1. The van der Waals surface area contributed by atoms with Crippen LogP contribution in [0, 0.1) is 6.92 Å². The topological polar surface area (TPSA) is 30.5 Å². The molecule has 1 aromatic rings. The highest BCUT2D eigenvalue weighted by molar-refractivity contribution is 5.38. The molecule has 0 atom stereocenters. The Morgan fingerprint density at radius 3 is 2.65 bits per heavy atom. The first kappa shape index (κ1) is 16.7. The molecule has 0 saturated heterocycles. The van der Waals surface area contributed by atoms with Gasteiger partial charge in [0.2, 0.25) is 0 Å². The molecule has 3 nitrogen and oxygen atoms in total. The lowest BCUT2D eigenvalue weighted by Gasteiger charge is -2.11. The SMILES string of the molecule is C=CCc1cc(C)ccc1OCCCNCCCOC. The van der Waals surface area contributed by atoms with E-state index in [0.717, 1.165) is 51.3 Å². The van der Waals surface area contributed by atoms with Crippen molar-refractivity contribution in [3.8, 4) is 5.75 Å². The summed E-state index contributed by atoms with van der Waals surface area (Å²) in [5, 5.41) is 3.38. The fourth-order valence-corrected chi connectivity index (χ4v) is 2.01. The van der Waals surface area contributed by atoms with Crippen molar-refractivity contribution in [1.82, 2.24) is 5.32 Å². The second-order valence-corrected chi connectivity index (χ2v) is 4.90. The Kier molecular flexibility index (Phi) is 8.76. The van der Waals surface area contributed by atoms with Crippen molar-refractivity contribution in [3.63, 3.8) is 0 Å². The average molecular weight is 277 g/mol. The van der Waals surface area contributed by atoms with Crippen LogP contribution in [0.15, 0.2) is 30.9 Å². The molecular weight excluding hydrogens is 250 g/mol. The Bertz CT molecular complexity index is 391. The van der Waals surface area contributed by atoms with Crippen LogP contribution in [0.25, 0.3) is 0 Å². The number of rotatable bonds is 11. The highest BCUT2D eigenvalue weighted by atomic mass is 16.5. The highest BCUT2D eigenvalue weighted by Gasteiger charge is 2.02. The maximum atomic E-state index is 5.86. The molecule has 0 fully saturated rings. The van der Waals surface area contributed by atoms with E-state index >= 15 is 0 Å². The molecule has 0 aliphatic heterocycles. The molecule has 1 rings (SSSR count). The van der Waals surface area contributed by atoms with E-state index in [1.165, 1.54) is 11.1 Å². The number of hydrogen-bond acceptors (Lipinski definition) is 3. The lowest BCUT2D eigenvalue weighted by atomic mass is 10.1. The summed E-state index contributed by atoms with van der Waals surface area (Å²) in [4.78, 5) is 0. The minimum absolute atomic E-state index is 0.741. The van der Waals surface area contributed by atoms with Gasteiger partial charge in [-0.2, -0.15) is 0 Å². The van der Waals surface area contributed by atoms with Crippen LogP contribution in [0.2, 0.25) is 0 Å². The quantitative estimate of drug-likeness (QED) is 0.498. The van der Waals surface area contributed by atoms with Crippen LogP contribution in [0.5, 0.6) is 5.75 Å². The van der Waals surface area contributed by atoms with Crippen molar-refractivity contribution in [3.05, 3.63) is 42.0 Å². The molecular formula is C17H27NO2. The number of ether oxygens (including phenoxy) is 2. The van der Waals surface area contributed by atoms with Crippen molar-refractivity contribution < 1.29 is 9.47 Å². The smallest absolute Gasteiger partial charge is 0.122 e. The van der Waals surface area contributed by atoms with Crippen molar-refractivity contribution in [2.45, 2.75) is 26.2 Å². The third kappa shape index (κ3) is 6.73. The molecule has 0 unspecified atom stereocenters. The normalized spacial score (nSPS) is 10.5. The lowest BCUT2D eigenvalue weighted by Crippen LogP contribution is -2.19. The van der Waals surface area contributed by atoms with Gasteiger partial charge in [-0.05, 0) is 50.9 Å². The standard InChI is InChI=1S/C17H27NO2/c1-4-7-16-14-15(2)8-9-17(16)20-13-6-11-18-10-5-12-19-3/h4,8-9,14,18H,1,5-7,10-13H2,2-3H3. The average Bonchev–Trinajstić information content (AvgIpc) is 2.44. The van der Waals surface area contributed by atoms with E-state index in [-0.39, 0.29) is 0 Å². The summed E-state index contributed by atoms with van der Waals surface area (Å²) in [7, 11) is 1.73. The number of benzene rings is 1. The maximum Gasteiger partial charge on any atom is 0.122 e. The molecule has 112 valence electrons. The molecule has 1 aromatic carbocycles. The minimum atomic E-state index is 0.741. The number of aryl methyl sites for hydroxylation is 1. The second kappa shape index (κ2) is 10.5. The van der Waals surface area contributed by atoms with Crippen LogP contribution >= 0.6 is 0 Å². The fraction of sp³-hybridized carbons (Fsp3) is 0.529. The van der Waals surface area contributed by atoms with E-state index in [4.69, 9.17) is 9.47 Å². The van der Waals surface area contributed by atoms with Crippen molar-refractivity contribution in [1.29, 1.82) is 0 Å². The van der Waals surface area contributed by atoms with E-state index in [2.05, 4.69) is 37.0 Å². The molecule has 0 aliphatic carbocycles. The second-order valence-electron chi connectivity index (χ2n) is 4.90. The summed E-state index contributed by atoms with van der Waals surface area (Å²) in [5.41, 5.74) is 2.47. The van der Waals surface area contributed by atoms with Gasteiger partial charge in [-0.15, -0.1) is 6.58 Å². The van der Waals surface area contributed by atoms with E-state index in [1.54, 1.807) is 7.11 Å². The third-order valence-electron chi connectivity index (χ3n) is 3.04. The molecule has 0 heterocycles. The van der Waals surface area contributed by atoms with Crippen molar-refractivity contribution in [2.24, 2.45) is 0 Å². The monoisotopic (exact) mass is 277 g/mol. The maximum absolute atomic E-state index is 5.86. The predicted molar refractivity (Wildman–Crippen MR) is 84.6 cm³/mol.